The second kappa shape index (κ2) is 5.31. The first-order valence-electron chi connectivity index (χ1n) is 6.63. The summed E-state index contributed by atoms with van der Waals surface area (Å²) in [5.41, 5.74) is 2.55. The summed E-state index contributed by atoms with van der Waals surface area (Å²) in [7, 11) is -1.57. The molecular weight excluding hydrogens is 234 g/mol. The number of nitrogens with zero attached hydrogens (tertiary/aromatic N) is 1. The SMILES string of the molecule is C=C(C)CN(c1ccccc1)[Si](C)(C)C(C)(C)C. The molecule has 100 valence electrons. The Morgan fingerprint density at radius 2 is 1.67 bits per heavy atom. The maximum absolute atomic E-state index is 4.10. The van der Waals surface area contributed by atoms with Gasteiger partial charge in [-0.05, 0) is 24.1 Å². The van der Waals surface area contributed by atoms with Crippen molar-refractivity contribution in [3.8, 4) is 0 Å². The Balaban J connectivity index is 3.18. The summed E-state index contributed by atoms with van der Waals surface area (Å²) < 4.78 is 2.59. The molecule has 0 aliphatic rings. The lowest BCUT2D eigenvalue weighted by Gasteiger charge is -2.47. The molecule has 0 N–H and O–H groups in total. The third kappa shape index (κ3) is 3.26. The third-order valence-corrected chi connectivity index (χ3v) is 9.44. The predicted molar refractivity (Wildman–Crippen MR) is 85.8 cm³/mol. The number of hydrogen-bond acceptors (Lipinski definition) is 1. The molecule has 0 spiro atoms. The highest BCUT2D eigenvalue weighted by Gasteiger charge is 2.41. The van der Waals surface area contributed by atoms with Crippen LogP contribution in [0.3, 0.4) is 0 Å². The van der Waals surface area contributed by atoms with Gasteiger partial charge in [0.05, 0.1) is 0 Å². The van der Waals surface area contributed by atoms with E-state index >= 15 is 0 Å². The van der Waals surface area contributed by atoms with Gasteiger partial charge in [-0.1, -0.05) is 64.2 Å². The largest absolute Gasteiger partial charge is 0.394 e. The molecule has 0 radical (unpaired) electrons. The quantitative estimate of drug-likeness (QED) is 0.540. The van der Waals surface area contributed by atoms with Gasteiger partial charge in [0.15, 0.2) is 8.24 Å². The predicted octanol–water partition coefficient (Wildman–Crippen LogP) is 5.07. The van der Waals surface area contributed by atoms with Crippen LogP contribution in [-0.2, 0) is 0 Å². The van der Waals surface area contributed by atoms with Crippen molar-refractivity contribution < 1.29 is 0 Å². The normalized spacial score (nSPS) is 12.3. The van der Waals surface area contributed by atoms with Gasteiger partial charge in [-0.2, -0.15) is 0 Å². The van der Waals surface area contributed by atoms with Gasteiger partial charge >= 0.3 is 0 Å². The zero-order valence-electron chi connectivity index (χ0n) is 12.7. The van der Waals surface area contributed by atoms with Crippen molar-refractivity contribution in [2.24, 2.45) is 0 Å². The van der Waals surface area contributed by atoms with Crippen molar-refractivity contribution in [2.75, 3.05) is 11.1 Å². The fourth-order valence-electron chi connectivity index (χ4n) is 1.89. The monoisotopic (exact) mass is 261 g/mol. The molecule has 0 unspecified atom stereocenters. The average Bonchev–Trinajstić information content (AvgIpc) is 2.25. The van der Waals surface area contributed by atoms with E-state index in [2.05, 4.69) is 82.3 Å². The van der Waals surface area contributed by atoms with Crippen LogP contribution in [0.15, 0.2) is 42.5 Å². The van der Waals surface area contributed by atoms with Gasteiger partial charge in [0, 0.05) is 12.2 Å². The first kappa shape index (κ1) is 15.0. The fraction of sp³-hybridized carbons (Fsp3) is 0.500. The minimum atomic E-state index is -1.57. The molecule has 0 amide bonds. The second-order valence-electron chi connectivity index (χ2n) is 6.69. The molecule has 0 heterocycles. The van der Waals surface area contributed by atoms with E-state index in [0.29, 0.717) is 5.04 Å². The van der Waals surface area contributed by atoms with Crippen LogP contribution >= 0.6 is 0 Å². The van der Waals surface area contributed by atoms with Crippen LogP contribution in [0.1, 0.15) is 27.7 Å². The summed E-state index contributed by atoms with van der Waals surface area (Å²) in [6, 6.07) is 10.7. The summed E-state index contributed by atoms with van der Waals surface area (Å²) >= 11 is 0. The standard InChI is InChI=1S/C16H27NSi/c1-14(2)13-17(15-11-9-8-10-12-15)18(6,7)16(3,4)5/h8-12H,1,13H2,2-7H3. The van der Waals surface area contributed by atoms with Crippen molar-refractivity contribution in [3.63, 3.8) is 0 Å². The van der Waals surface area contributed by atoms with Crippen LogP contribution in [0.5, 0.6) is 0 Å². The number of anilines is 1. The Labute approximate surface area is 114 Å². The molecule has 0 fully saturated rings. The van der Waals surface area contributed by atoms with Crippen LogP contribution in [0, 0.1) is 0 Å². The molecule has 2 heteroatoms. The van der Waals surface area contributed by atoms with Crippen LogP contribution in [0.2, 0.25) is 18.1 Å². The molecule has 0 bridgehead atoms. The lowest BCUT2D eigenvalue weighted by molar-refractivity contribution is 0.707. The first-order valence-corrected chi connectivity index (χ1v) is 9.58. The Morgan fingerprint density at radius 3 is 2.06 bits per heavy atom. The summed E-state index contributed by atoms with van der Waals surface area (Å²) in [5.74, 6) is 0. The molecule has 0 aromatic heterocycles. The van der Waals surface area contributed by atoms with Crippen molar-refractivity contribution in [1.29, 1.82) is 0 Å². The molecule has 0 saturated heterocycles. The van der Waals surface area contributed by atoms with E-state index in [1.54, 1.807) is 0 Å². The summed E-state index contributed by atoms with van der Waals surface area (Å²) in [5, 5.41) is 0.332. The Kier molecular flexibility index (Phi) is 4.44. The second-order valence-corrected chi connectivity index (χ2v) is 11.8. The van der Waals surface area contributed by atoms with Gasteiger partial charge in [-0.25, -0.2) is 0 Å². The van der Waals surface area contributed by atoms with Gasteiger partial charge in [0.2, 0.25) is 0 Å². The lowest BCUT2D eigenvalue weighted by atomic mass is 10.2. The summed E-state index contributed by atoms with van der Waals surface area (Å²) in [6.07, 6.45) is 0. The Bertz CT molecular complexity index is 401. The average molecular weight is 261 g/mol. The smallest absolute Gasteiger partial charge is 0.156 e. The van der Waals surface area contributed by atoms with Crippen molar-refractivity contribution in [2.45, 2.75) is 45.8 Å². The highest BCUT2D eigenvalue weighted by Crippen LogP contribution is 2.40. The maximum atomic E-state index is 4.10. The zero-order valence-corrected chi connectivity index (χ0v) is 13.7. The van der Waals surface area contributed by atoms with Gasteiger partial charge in [0.1, 0.15) is 0 Å². The van der Waals surface area contributed by atoms with E-state index in [1.165, 1.54) is 11.3 Å². The topological polar surface area (TPSA) is 3.24 Å². The highest BCUT2D eigenvalue weighted by molar-refractivity contribution is 6.83. The van der Waals surface area contributed by atoms with E-state index < -0.39 is 8.24 Å². The van der Waals surface area contributed by atoms with E-state index in [9.17, 15) is 0 Å². The molecule has 1 nitrogen and oxygen atoms in total. The molecule has 0 aliphatic heterocycles. The Hall–Kier alpha value is -1.02. The van der Waals surface area contributed by atoms with Gasteiger partial charge in [0.25, 0.3) is 0 Å². The summed E-state index contributed by atoms with van der Waals surface area (Å²) in [4.78, 5) is 0. The van der Waals surface area contributed by atoms with E-state index in [4.69, 9.17) is 0 Å². The molecular formula is C16H27NSi. The molecule has 18 heavy (non-hydrogen) atoms. The fourth-order valence-corrected chi connectivity index (χ4v) is 4.16. The van der Waals surface area contributed by atoms with Crippen molar-refractivity contribution >= 4 is 13.9 Å². The lowest BCUT2D eigenvalue weighted by Crippen LogP contribution is -2.55. The molecule has 0 atom stereocenters. The number of benzene rings is 1. The molecule has 1 aromatic carbocycles. The Morgan fingerprint density at radius 1 is 1.17 bits per heavy atom. The van der Waals surface area contributed by atoms with Crippen LogP contribution < -0.4 is 4.57 Å². The van der Waals surface area contributed by atoms with Gasteiger partial charge < -0.3 is 4.57 Å². The molecule has 0 saturated carbocycles. The molecule has 0 aliphatic carbocycles. The van der Waals surface area contributed by atoms with Gasteiger partial charge in [-0.15, -0.1) is 0 Å². The number of rotatable bonds is 4. The van der Waals surface area contributed by atoms with Crippen LogP contribution in [0.25, 0.3) is 0 Å². The first-order chi connectivity index (χ1) is 8.16. The highest BCUT2D eigenvalue weighted by atomic mass is 28.3. The zero-order chi connectivity index (χ0) is 14.0. The van der Waals surface area contributed by atoms with Gasteiger partial charge in [-0.3, -0.25) is 0 Å². The summed E-state index contributed by atoms with van der Waals surface area (Å²) in [6.45, 7) is 19.1. The number of para-hydroxylation sites is 1. The van der Waals surface area contributed by atoms with Crippen LogP contribution in [0.4, 0.5) is 5.69 Å². The van der Waals surface area contributed by atoms with Crippen molar-refractivity contribution in [1.82, 2.24) is 0 Å². The third-order valence-electron chi connectivity index (χ3n) is 4.01. The minimum absolute atomic E-state index is 0.332. The van der Waals surface area contributed by atoms with Crippen molar-refractivity contribution in [3.05, 3.63) is 42.5 Å². The maximum Gasteiger partial charge on any atom is 0.156 e. The molecule has 1 aromatic rings. The molecule has 1 rings (SSSR count). The van der Waals surface area contributed by atoms with Crippen LogP contribution in [-0.4, -0.2) is 14.8 Å². The number of hydrogen-bond donors (Lipinski definition) is 0. The van der Waals surface area contributed by atoms with E-state index in [1.807, 2.05) is 0 Å². The minimum Gasteiger partial charge on any atom is -0.394 e. The van der Waals surface area contributed by atoms with E-state index in [-0.39, 0.29) is 0 Å². The van der Waals surface area contributed by atoms with E-state index in [0.717, 1.165) is 6.54 Å².